The van der Waals surface area contributed by atoms with Gasteiger partial charge in [0.2, 0.25) is 12.6 Å². The number of nitrogens with one attached hydrogen (secondary N) is 4. The third-order valence-electron chi connectivity index (χ3n) is 16.5. The Morgan fingerprint density at radius 2 is 0.989 bits per heavy atom. The van der Waals surface area contributed by atoms with Gasteiger partial charge in [0, 0.05) is 37.1 Å². The lowest BCUT2D eigenvalue weighted by molar-refractivity contribution is -0.312. The van der Waals surface area contributed by atoms with Crippen molar-refractivity contribution >= 4 is 23.9 Å². The number of carbonyl (C=O) groups is 4. The van der Waals surface area contributed by atoms with Crippen LogP contribution in [0, 0.1) is 29.6 Å². The highest BCUT2D eigenvalue weighted by molar-refractivity contribution is 5.84. The molecule has 2 saturated heterocycles. The average molecular weight is 1280 g/mol. The van der Waals surface area contributed by atoms with Crippen LogP contribution in [0.25, 0.3) is 0 Å². The highest BCUT2D eigenvalue weighted by atomic mass is 16.7. The standard InChI is InChI=1S/C31H54N2O11.C22H40N2O7.C8H15NO5/c1-9-19-11-10-16(2)27(41-19)42-24-17(3)12-18(13-20(34)21(35)14-33-29(38)44-30(4,5)6)25(22(24)36)43-28-23(37)26(32-8)31(7,39)15-40-28;1-6-13-8-7-11(2)20(29-13)30-17-12(3)9-14(23)18(15(17)25)31-21-16(26)19(24-5)22(4,27)10-28-21;1-8(2,3)14-7(13)9-4-5(10)6(11)12/h11,16-18,21-28,32,35-37,39H,9-10,12-15H2,1-8H3,(H,33,38);8,11-12,14-21,24-27H,6-7,9-10,23H2,1-5H3;5,10H,4H2,1-3H3,(H,9,13)(H,11,12)/t16-,17+,18+,21+,22+,23-,24?,25+,26-,27-,28-,31+;11-,12+,14-,15+,16-,17?,18+,19-,20-,21-,22+;5-/m110/s1. The molecule has 6 rings (SSSR count). The molecule has 0 bridgehead atoms. The van der Waals surface area contributed by atoms with Gasteiger partial charge in [-0.2, -0.15) is 0 Å². The van der Waals surface area contributed by atoms with E-state index in [2.05, 4.69) is 34.3 Å². The molecule has 89 heavy (non-hydrogen) atoms. The van der Waals surface area contributed by atoms with Gasteiger partial charge in [0.1, 0.15) is 59.0 Å². The van der Waals surface area contributed by atoms with Crippen molar-refractivity contribution in [2.45, 2.75) is 269 Å². The molecule has 4 aliphatic heterocycles. The Morgan fingerprint density at radius 3 is 1.38 bits per heavy atom. The van der Waals surface area contributed by atoms with E-state index in [4.69, 9.17) is 63.3 Å². The monoisotopic (exact) mass is 1280 g/mol. The Balaban J connectivity index is 0.000000325. The number of aliphatic hydroxyl groups is 8. The van der Waals surface area contributed by atoms with Crippen molar-refractivity contribution in [1.29, 1.82) is 0 Å². The minimum Gasteiger partial charge on any atom is -0.479 e. The second kappa shape index (κ2) is 33.8. The molecule has 2 aliphatic carbocycles. The van der Waals surface area contributed by atoms with Crippen LogP contribution in [0.4, 0.5) is 9.59 Å². The number of carboxylic acids is 1. The number of allylic oxidation sites excluding steroid dienone is 4. The summed E-state index contributed by atoms with van der Waals surface area (Å²) in [6.45, 7) is 24.4. The molecular weight excluding hydrogens is 1170 g/mol. The van der Waals surface area contributed by atoms with Crippen molar-refractivity contribution in [2.24, 2.45) is 35.3 Å². The first-order chi connectivity index (χ1) is 41.3. The lowest BCUT2D eigenvalue weighted by Gasteiger charge is -2.49. The van der Waals surface area contributed by atoms with Gasteiger partial charge in [-0.3, -0.25) is 4.79 Å². The summed E-state index contributed by atoms with van der Waals surface area (Å²) in [5, 5.41) is 104. The number of aliphatic carboxylic acids is 1. The van der Waals surface area contributed by atoms with Crippen LogP contribution in [0.15, 0.2) is 23.7 Å². The summed E-state index contributed by atoms with van der Waals surface area (Å²) in [5.41, 5.74) is 2.32. The molecule has 4 fully saturated rings. The molecule has 6 aliphatic rings. The Labute approximate surface area is 524 Å². The molecular formula is C61H109N5O23. The summed E-state index contributed by atoms with van der Waals surface area (Å²) < 4.78 is 58.2. The van der Waals surface area contributed by atoms with Gasteiger partial charge in [0.25, 0.3) is 0 Å². The second-order valence-electron chi connectivity index (χ2n) is 27.1. The molecule has 0 radical (unpaired) electrons. The first kappa shape index (κ1) is 77.5. The largest absolute Gasteiger partial charge is 0.479 e. The number of alkyl carbamates (subject to hydrolysis) is 2. The molecule has 15 N–H and O–H groups in total. The van der Waals surface area contributed by atoms with E-state index in [1.807, 2.05) is 40.7 Å². The molecule has 2 amide bonds. The lowest BCUT2D eigenvalue weighted by Crippen LogP contribution is -2.67. The summed E-state index contributed by atoms with van der Waals surface area (Å²) in [4.78, 5) is 46.3. The van der Waals surface area contributed by atoms with Gasteiger partial charge >= 0.3 is 18.2 Å². The first-order valence-electron chi connectivity index (χ1n) is 31.2. The zero-order valence-corrected chi connectivity index (χ0v) is 55.0. The van der Waals surface area contributed by atoms with E-state index in [0.717, 1.165) is 30.8 Å². The van der Waals surface area contributed by atoms with E-state index in [9.17, 15) is 54.9 Å². The van der Waals surface area contributed by atoms with Crippen LogP contribution in [0.3, 0.4) is 0 Å². The Hall–Kier alpha value is -3.92. The molecule has 0 spiro atoms. The van der Waals surface area contributed by atoms with E-state index >= 15 is 0 Å². The number of amides is 2. The number of aliphatic hydroxyl groups excluding tert-OH is 6. The number of rotatable bonds is 20. The van der Waals surface area contributed by atoms with Gasteiger partial charge in [0.15, 0.2) is 24.5 Å². The lowest BCUT2D eigenvalue weighted by atomic mass is 9.74. The summed E-state index contributed by atoms with van der Waals surface area (Å²) in [5.74, 6) is -0.846. The van der Waals surface area contributed by atoms with Crippen molar-refractivity contribution in [3.63, 3.8) is 0 Å². The van der Waals surface area contributed by atoms with Gasteiger partial charge in [-0.15, -0.1) is 0 Å². The van der Waals surface area contributed by atoms with Crippen LogP contribution in [0.2, 0.25) is 0 Å². The van der Waals surface area contributed by atoms with Gasteiger partial charge < -0.3 is 120 Å². The highest BCUT2D eigenvalue weighted by Gasteiger charge is 2.53. The Bertz CT molecular complexity index is 2300. The minimum atomic E-state index is -1.61. The average Bonchev–Trinajstić information content (AvgIpc) is 0.887. The number of ether oxygens (including phenoxy) is 10. The van der Waals surface area contributed by atoms with Crippen molar-refractivity contribution in [1.82, 2.24) is 21.3 Å². The predicted octanol–water partition coefficient (Wildman–Crippen LogP) is 1.53. The SMILES string of the molecule is CC(C)(C)OC(=O)NC[C@H](O)C(=O)O.CCC1=CC[C@@H](C)[C@@H](OC2[C@@H](C)C[C@@H](CC(=O)[C@@H](O)CNC(=O)OC(C)(C)C)[C@H](O[C@H]3OC[C@](C)(O)[C@H](NC)[C@H]3O)[C@H]2O)O1.CCC1=CC[C@@H](C)[C@@H](OC2[C@@H](C)C[C@@H](N)[C@H](O[C@H]3OC[C@](C)(O)[C@H](NC)[C@H]3O)[C@H]2O)O1. The van der Waals surface area contributed by atoms with Crippen molar-refractivity contribution in [2.75, 3.05) is 40.4 Å². The molecule has 28 nitrogen and oxygen atoms in total. The maximum absolute atomic E-state index is 13.2. The van der Waals surface area contributed by atoms with Gasteiger partial charge in [-0.25, -0.2) is 14.4 Å². The Morgan fingerprint density at radius 1 is 0.607 bits per heavy atom. The third kappa shape index (κ3) is 22.7. The number of likely N-dealkylation sites (N-methyl/N-ethyl adjacent to an activating group) is 2. The number of hydrogen-bond donors (Lipinski definition) is 14. The number of hydrogen-bond acceptors (Lipinski definition) is 25. The van der Waals surface area contributed by atoms with Crippen molar-refractivity contribution in [3.05, 3.63) is 23.7 Å². The van der Waals surface area contributed by atoms with Crippen LogP contribution in [0.1, 0.15) is 142 Å². The predicted molar refractivity (Wildman–Crippen MR) is 321 cm³/mol. The zero-order valence-electron chi connectivity index (χ0n) is 55.0. The van der Waals surface area contributed by atoms with Crippen LogP contribution in [0.5, 0.6) is 0 Å². The third-order valence-corrected chi connectivity index (χ3v) is 16.5. The molecule has 4 heterocycles. The van der Waals surface area contributed by atoms with E-state index in [1.165, 1.54) is 6.92 Å². The summed E-state index contributed by atoms with van der Waals surface area (Å²) in [6.07, 6.45) is -7.64. The molecule has 24 atom stereocenters. The fraction of sp³-hybridized carbons (Fsp3) is 0.869. The molecule has 0 aromatic rings. The molecule has 28 heteroatoms. The maximum atomic E-state index is 13.2. The van der Waals surface area contributed by atoms with Crippen molar-refractivity contribution < 1.29 is 113 Å². The number of Topliss-reactive ketones (excluding diaryl/α,β-unsaturated/α-hetero) is 1. The smallest absolute Gasteiger partial charge is 0.407 e. The molecule has 2 saturated carbocycles. The normalized spacial score (nSPS) is 38.2. The topological polar surface area (TPSA) is 417 Å². The summed E-state index contributed by atoms with van der Waals surface area (Å²) in [6, 6.07) is -1.89. The minimum absolute atomic E-state index is 0.000351. The highest BCUT2D eigenvalue weighted by Crippen LogP contribution is 2.41. The first-order valence-corrected chi connectivity index (χ1v) is 31.2. The van der Waals surface area contributed by atoms with Crippen LogP contribution in [-0.2, 0) is 57.0 Å². The number of carbonyl (C=O) groups excluding carboxylic acids is 3. The van der Waals surface area contributed by atoms with Gasteiger partial charge in [-0.05, 0) is 125 Å². The fourth-order valence-corrected chi connectivity index (χ4v) is 11.6. The molecule has 0 aromatic carbocycles. The van der Waals surface area contributed by atoms with Gasteiger partial charge in [-0.1, -0.05) is 41.5 Å². The Kier molecular flexibility index (Phi) is 29.4. The number of ketones is 1. The second-order valence-corrected chi connectivity index (χ2v) is 27.1. The zero-order chi connectivity index (χ0) is 67.3. The summed E-state index contributed by atoms with van der Waals surface area (Å²) in [7, 11) is 3.26. The number of nitrogens with two attached hydrogens (primary N) is 1. The van der Waals surface area contributed by atoms with Crippen molar-refractivity contribution in [3.8, 4) is 0 Å². The van der Waals surface area contributed by atoms with E-state index in [-0.39, 0.29) is 56.4 Å². The van der Waals surface area contributed by atoms with Gasteiger partial charge in [0.05, 0.1) is 68.2 Å². The quantitative estimate of drug-likeness (QED) is 0.0822. The van der Waals surface area contributed by atoms with E-state index in [1.54, 1.807) is 62.6 Å². The number of carboxylic acid groups (broad SMARTS) is 1. The van der Waals surface area contributed by atoms with Crippen LogP contribution in [-0.4, -0.2) is 237 Å². The fourth-order valence-electron chi connectivity index (χ4n) is 11.6. The maximum Gasteiger partial charge on any atom is 0.407 e. The van der Waals surface area contributed by atoms with Crippen LogP contribution < -0.4 is 27.0 Å². The molecule has 516 valence electrons. The molecule has 0 aromatic heterocycles. The molecule has 2 unspecified atom stereocenters. The van der Waals surface area contributed by atoms with E-state index < -0.39 is 157 Å². The summed E-state index contributed by atoms with van der Waals surface area (Å²) >= 11 is 0. The van der Waals surface area contributed by atoms with Crippen LogP contribution >= 0.6 is 0 Å². The van der Waals surface area contributed by atoms with E-state index in [0.29, 0.717) is 19.3 Å².